The van der Waals surface area contributed by atoms with Crippen LogP contribution in [-0.2, 0) is 4.79 Å². The fourth-order valence-corrected chi connectivity index (χ4v) is 5.79. The van der Waals surface area contributed by atoms with E-state index in [1.807, 2.05) is 32.9 Å². The van der Waals surface area contributed by atoms with Gasteiger partial charge in [-0.1, -0.05) is 32.9 Å². The van der Waals surface area contributed by atoms with Gasteiger partial charge >= 0.3 is 0 Å². The molecule has 210 valence electrons. The second-order valence-electron chi connectivity index (χ2n) is 11.1. The highest BCUT2D eigenvalue weighted by Crippen LogP contribution is 2.42. The first kappa shape index (κ1) is 30.1. The molecule has 0 radical (unpaired) electrons. The van der Waals surface area contributed by atoms with Gasteiger partial charge in [0.2, 0.25) is 11.9 Å². The number of carbonyl (C=O) groups is 1. The van der Waals surface area contributed by atoms with Gasteiger partial charge in [-0.05, 0) is 88.9 Å². The van der Waals surface area contributed by atoms with E-state index >= 15 is 0 Å². The summed E-state index contributed by atoms with van der Waals surface area (Å²) in [6, 6.07) is 6.13. The number of ether oxygens (including phenoxy) is 1. The van der Waals surface area contributed by atoms with Crippen LogP contribution in [0.2, 0.25) is 0 Å². The molecule has 9 heteroatoms. The van der Waals surface area contributed by atoms with E-state index in [2.05, 4.69) is 51.6 Å². The highest BCUT2D eigenvalue weighted by Gasteiger charge is 2.47. The maximum atomic E-state index is 12.3. The van der Waals surface area contributed by atoms with E-state index in [0.29, 0.717) is 29.7 Å². The van der Waals surface area contributed by atoms with E-state index in [1.54, 1.807) is 13.3 Å². The molecular weight excluding hydrogens is 500 g/mol. The summed E-state index contributed by atoms with van der Waals surface area (Å²) in [5.41, 5.74) is 8.61. The van der Waals surface area contributed by atoms with Gasteiger partial charge in [0.15, 0.2) is 0 Å². The number of allylic oxidation sites excluding steroid dienone is 2. The van der Waals surface area contributed by atoms with Crippen LogP contribution in [0.25, 0.3) is 0 Å². The van der Waals surface area contributed by atoms with Gasteiger partial charge in [0.1, 0.15) is 11.4 Å². The van der Waals surface area contributed by atoms with Gasteiger partial charge < -0.3 is 26.0 Å². The second kappa shape index (κ2) is 13.6. The number of likely N-dealkylation sites (tertiary alicyclic amines) is 1. The first-order valence-electron chi connectivity index (χ1n) is 13.6. The summed E-state index contributed by atoms with van der Waals surface area (Å²) < 4.78 is 5.59. The molecule has 1 amide bonds. The molecular formula is C29H45ClN6O2. The molecule has 1 aromatic rings. The SMILES string of the molecule is CC=C1NC(=O)C(C)(C)C1C(C)CNCCC(Cl)C=NC(N)=Nc1ccc(C2CCN(C)CC2)cc1OC. The quantitative estimate of drug-likeness (QED) is 0.175. The van der Waals surface area contributed by atoms with Crippen LogP contribution in [-0.4, -0.2) is 68.7 Å². The van der Waals surface area contributed by atoms with Crippen molar-refractivity contribution in [2.45, 2.75) is 58.3 Å². The molecule has 0 bridgehead atoms. The van der Waals surface area contributed by atoms with Crippen molar-refractivity contribution < 1.29 is 9.53 Å². The van der Waals surface area contributed by atoms with E-state index in [9.17, 15) is 4.79 Å². The fourth-order valence-electron chi connectivity index (χ4n) is 5.62. The van der Waals surface area contributed by atoms with Crippen molar-refractivity contribution in [1.29, 1.82) is 0 Å². The maximum absolute atomic E-state index is 12.3. The van der Waals surface area contributed by atoms with Crippen molar-refractivity contribution in [1.82, 2.24) is 15.5 Å². The molecule has 4 N–H and O–H groups in total. The molecule has 0 aromatic heterocycles. The smallest absolute Gasteiger partial charge is 0.230 e. The Kier molecular flexibility index (Phi) is 10.8. The number of carbonyl (C=O) groups excluding carboxylic acids is 1. The number of rotatable bonds is 10. The summed E-state index contributed by atoms with van der Waals surface area (Å²) in [6.07, 6.45) is 6.62. The predicted octanol–water partition coefficient (Wildman–Crippen LogP) is 4.42. The summed E-state index contributed by atoms with van der Waals surface area (Å²) in [6.45, 7) is 11.9. The first-order chi connectivity index (χ1) is 18.1. The molecule has 2 saturated heterocycles. The zero-order valence-electron chi connectivity index (χ0n) is 23.8. The van der Waals surface area contributed by atoms with Crippen LogP contribution in [0, 0.1) is 17.3 Å². The molecule has 2 aliphatic rings. The van der Waals surface area contributed by atoms with Crippen molar-refractivity contribution in [2.75, 3.05) is 40.3 Å². The Balaban J connectivity index is 1.48. The lowest BCUT2D eigenvalue weighted by Crippen LogP contribution is -2.36. The van der Waals surface area contributed by atoms with Crippen LogP contribution < -0.4 is 21.1 Å². The average Bonchev–Trinajstić information content (AvgIpc) is 3.13. The number of hydrogen-bond donors (Lipinski definition) is 3. The molecule has 3 atom stereocenters. The van der Waals surface area contributed by atoms with Gasteiger partial charge in [0.05, 0.1) is 17.9 Å². The number of nitrogens with two attached hydrogens (primary N) is 1. The molecule has 38 heavy (non-hydrogen) atoms. The normalized spacial score (nSPS) is 23.7. The number of methoxy groups -OCH3 is 1. The monoisotopic (exact) mass is 544 g/mol. The van der Waals surface area contributed by atoms with Crippen LogP contribution in [0.5, 0.6) is 5.75 Å². The Hall–Kier alpha value is -2.42. The third-order valence-corrected chi connectivity index (χ3v) is 8.23. The summed E-state index contributed by atoms with van der Waals surface area (Å²) in [7, 11) is 3.82. The topological polar surface area (TPSA) is 104 Å². The lowest BCUT2D eigenvalue weighted by Gasteiger charge is -2.30. The number of nitrogens with one attached hydrogen (secondary N) is 2. The van der Waals surface area contributed by atoms with Gasteiger partial charge in [-0.2, -0.15) is 0 Å². The van der Waals surface area contributed by atoms with Crippen molar-refractivity contribution in [3.8, 4) is 5.75 Å². The third-order valence-electron chi connectivity index (χ3n) is 7.90. The summed E-state index contributed by atoms with van der Waals surface area (Å²) >= 11 is 6.46. The molecule has 3 rings (SSSR count). The van der Waals surface area contributed by atoms with E-state index in [0.717, 1.165) is 44.7 Å². The van der Waals surface area contributed by atoms with Gasteiger partial charge in [0.25, 0.3) is 0 Å². The number of benzene rings is 1. The molecule has 2 fully saturated rings. The van der Waals surface area contributed by atoms with Crippen molar-refractivity contribution in [3.63, 3.8) is 0 Å². The minimum Gasteiger partial charge on any atom is -0.494 e. The Bertz CT molecular complexity index is 1050. The summed E-state index contributed by atoms with van der Waals surface area (Å²) in [5, 5.41) is 6.22. The molecule has 8 nitrogen and oxygen atoms in total. The van der Waals surface area contributed by atoms with Crippen molar-refractivity contribution in [2.24, 2.45) is 33.0 Å². The molecule has 0 saturated carbocycles. The number of nitrogens with zero attached hydrogens (tertiary/aromatic N) is 3. The zero-order chi connectivity index (χ0) is 27.9. The average molecular weight is 545 g/mol. The van der Waals surface area contributed by atoms with Crippen LogP contribution in [0.15, 0.2) is 40.0 Å². The Labute approximate surface area is 233 Å². The van der Waals surface area contributed by atoms with Gasteiger partial charge in [-0.15, -0.1) is 11.6 Å². The Morgan fingerprint density at radius 3 is 2.74 bits per heavy atom. The number of aliphatic imine (C=N–C) groups is 2. The van der Waals surface area contributed by atoms with Gasteiger partial charge in [-0.3, -0.25) is 4.79 Å². The number of guanidine groups is 1. The zero-order valence-corrected chi connectivity index (χ0v) is 24.5. The first-order valence-corrected chi connectivity index (χ1v) is 14.1. The molecule has 0 aliphatic carbocycles. The van der Waals surface area contributed by atoms with Crippen molar-refractivity contribution in [3.05, 3.63) is 35.5 Å². The molecule has 3 unspecified atom stereocenters. The van der Waals surface area contributed by atoms with Crippen LogP contribution in [0.4, 0.5) is 5.69 Å². The summed E-state index contributed by atoms with van der Waals surface area (Å²) in [5.74, 6) is 1.92. The molecule has 0 spiro atoms. The largest absolute Gasteiger partial charge is 0.494 e. The lowest BCUT2D eigenvalue weighted by atomic mass is 9.73. The molecule has 2 aliphatic heterocycles. The third kappa shape index (κ3) is 7.58. The van der Waals surface area contributed by atoms with E-state index in [-0.39, 0.29) is 23.2 Å². The summed E-state index contributed by atoms with van der Waals surface area (Å²) in [4.78, 5) is 23.4. The number of piperidine rings is 1. The highest BCUT2D eigenvalue weighted by atomic mass is 35.5. The van der Waals surface area contributed by atoms with Crippen LogP contribution >= 0.6 is 11.6 Å². The predicted molar refractivity (Wildman–Crippen MR) is 158 cm³/mol. The number of alkyl halides is 1. The van der Waals surface area contributed by atoms with E-state index < -0.39 is 5.41 Å². The minimum absolute atomic E-state index is 0.0875. The molecule has 2 heterocycles. The lowest BCUT2D eigenvalue weighted by molar-refractivity contribution is -0.127. The standard InChI is InChI=1S/C29H45ClN6O2/c1-7-23-26(29(3,4)27(37)34-23)19(2)17-32-13-10-22(30)18-33-28(31)35-24-9-8-21(16-25(24)38-6)20-11-14-36(5)15-12-20/h7-9,16,18-20,22,26,32H,10-15,17H2,1-6H3,(H2,31,35)(H,34,37). The van der Waals surface area contributed by atoms with Crippen LogP contribution in [0.1, 0.15) is 58.4 Å². The second-order valence-corrected chi connectivity index (χ2v) is 11.7. The minimum atomic E-state index is -0.419. The van der Waals surface area contributed by atoms with Gasteiger partial charge in [-0.25, -0.2) is 9.98 Å². The molecule has 1 aromatic carbocycles. The van der Waals surface area contributed by atoms with E-state index in [4.69, 9.17) is 22.1 Å². The number of halogens is 1. The van der Waals surface area contributed by atoms with Crippen LogP contribution in [0.3, 0.4) is 0 Å². The van der Waals surface area contributed by atoms with Crippen molar-refractivity contribution >= 4 is 35.4 Å². The number of hydrogen-bond acceptors (Lipinski definition) is 5. The Morgan fingerprint density at radius 1 is 1.37 bits per heavy atom. The fraction of sp³-hybridized carbons (Fsp3) is 0.621. The number of amides is 1. The Morgan fingerprint density at radius 2 is 2.08 bits per heavy atom. The van der Waals surface area contributed by atoms with E-state index in [1.165, 1.54) is 5.56 Å². The highest BCUT2D eigenvalue weighted by molar-refractivity contribution is 6.28. The maximum Gasteiger partial charge on any atom is 0.230 e. The van der Waals surface area contributed by atoms with Gasteiger partial charge in [0, 0.05) is 17.8 Å².